The largest absolute Gasteiger partial charge is 0.497 e. The zero-order chi connectivity index (χ0) is 20.1. The van der Waals surface area contributed by atoms with Crippen molar-refractivity contribution >= 4 is 23.3 Å². The molecule has 1 unspecified atom stereocenters. The Morgan fingerprint density at radius 3 is 2.57 bits per heavy atom. The third-order valence-corrected chi connectivity index (χ3v) is 4.85. The summed E-state index contributed by atoms with van der Waals surface area (Å²) in [6.07, 6.45) is 1.01. The molecule has 1 aliphatic rings. The molecular weight excluding hydrogens is 358 g/mol. The van der Waals surface area contributed by atoms with Crippen molar-refractivity contribution in [1.29, 1.82) is 0 Å². The van der Waals surface area contributed by atoms with E-state index in [1.807, 2.05) is 24.3 Å². The predicted molar refractivity (Wildman–Crippen MR) is 105 cm³/mol. The number of rotatable bonds is 7. The molecule has 0 radical (unpaired) electrons. The summed E-state index contributed by atoms with van der Waals surface area (Å²) in [5.41, 5.74) is 2.36. The van der Waals surface area contributed by atoms with Crippen LogP contribution in [0.3, 0.4) is 0 Å². The number of aryl methyl sites for hydroxylation is 1. The van der Waals surface area contributed by atoms with Gasteiger partial charge in [0.15, 0.2) is 12.4 Å². The van der Waals surface area contributed by atoms with Crippen molar-refractivity contribution in [2.24, 2.45) is 5.92 Å². The Hall–Kier alpha value is -3.15. The molecule has 0 aliphatic carbocycles. The SMILES string of the molecule is CCc1ccc(N2CC(C(=O)OCC(=O)c3cccc(OC)c3)CC2=O)cc1. The van der Waals surface area contributed by atoms with E-state index in [1.165, 1.54) is 12.7 Å². The van der Waals surface area contributed by atoms with Gasteiger partial charge >= 0.3 is 5.97 Å². The second-order valence-corrected chi connectivity index (χ2v) is 6.69. The van der Waals surface area contributed by atoms with E-state index in [2.05, 4.69) is 6.92 Å². The first-order valence-electron chi connectivity index (χ1n) is 9.25. The monoisotopic (exact) mass is 381 g/mol. The van der Waals surface area contributed by atoms with Crippen LogP contribution in [-0.2, 0) is 20.7 Å². The molecule has 6 nitrogen and oxygen atoms in total. The van der Waals surface area contributed by atoms with Gasteiger partial charge in [-0.1, -0.05) is 31.2 Å². The van der Waals surface area contributed by atoms with Crippen LogP contribution in [0.2, 0.25) is 0 Å². The zero-order valence-corrected chi connectivity index (χ0v) is 16.0. The Morgan fingerprint density at radius 1 is 1.14 bits per heavy atom. The maximum atomic E-state index is 12.3. The quantitative estimate of drug-likeness (QED) is 0.544. The smallest absolute Gasteiger partial charge is 0.311 e. The van der Waals surface area contributed by atoms with E-state index >= 15 is 0 Å². The molecule has 146 valence electrons. The number of methoxy groups -OCH3 is 1. The van der Waals surface area contributed by atoms with E-state index < -0.39 is 11.9 Å². The summed E-state index contributed by atoms with van der Waals surface area (Å²) >= 11 is 0. The summed E-state index contributed by atoms with van der Waals surface area (Å²) in [6, 6.07) is 14.4. The Labute approximate surface area is 164 Å². The van der Waals surface area contributed by atoms with Crippen molar-refractivity contribution in [3.63, 3.8) is 0 Å². The lowest BCUT2D eigenvalue weighted by molar-refractivity contribution is -0.147. The Bertz CT molecular complexity index is 875. The maximum absolute atomic E-state index is 12.3. The first-order valence-corrected chi connectivity index (χ1v) is 9.25. The zero-order valence-electron chi connectivity index (χ0n) is 16.0. The van der Waals surface area contributed by atoms with Crippen LogP contribution in [0.5, 0.6) is 5.75 Å². The molecule has 2 aromatic rings. The molecule has 0 aromatic heterocycles. The number of hydrogen-bond acceptors (Lipinski definition) is 5. The minimum absolute atomic E-state index is 0.0850. The van der Waals surface area contributed by atoms with Gasteiger partial charge in [-0.25, -0.2) is 0 Å². The van der Waals surface area contributed by atoms with Gasteiger partial charge < -0.3 is 14.4 Å². The molecule has 0 N–H and O–H groups in total. The normalized spacial score (nSPS) is 16.1. The van der Waals surface area contributed by atoms with Crippen LogP contribution in [0.4, 0.5) is 5.69 Å². The highest BCUT2D eigenvalue weighted by molar-refractivity contribution is 6.01. The Morgan fingerprint density at radius 2 is 1.89 bits per heavy atom. The lowest BCUT2D eigenvalue weighted by Crippen LogP contribution is -2.27. The van der Waals surface area contributed by atoms with Crippen molar-refractivity contribution in [2.75, 3.05) is 25.2 Å². The number of amides is 1. The van der Waals surface area contributed by atoms with Crippen LogP contribution >= 0.6 is 0 Å². The Balaban J connectivity index is 1.57. The van der Waals surface area contributed by atoms with Gasteiger partial charge in [0.25, 0.3) is 0 Å². The summed E-state index contributed by atoms with van der Waals surface area (Å²) in [4.78, 5) is 38.5. The van der Waals surface area contributed by atoms with E-state index in [1.54, 1.807) is 29.2 Å². The number of esters is 1. The fourth-order valence-electron chi connectivity index (χ4n) is 3.16. The third-order valence-electron chi connectivity index (χ3n) is 4.85. The highest BCUT2D eigenvalue weighted by Gasteiger charge is 2.36. The number of hydrogen-bond donors (Lipinski definition) is 0. The summed E-state index contributed by atoms with van der Waals surface area (Å²) in [7, 11) is 1.52. The fourth-order valence-corrected chi connectivity index (χ4v) is 3.16. The highest BCUT2D eigenvalue weighted by Crippen LogP contribution is 2.26. The summed E-state index contributed by atoms with van der Waals surface area (Å²) in [6.45, 7) is 1.97. The number of anilines is 1. The minimum atomic E-state index is -0.573. The number of Topliss-reactive ketones (excluding diaryl/α,β-unsaturated/α-hetero) is 1. The van der Waals surface area contributed by atoms with Gasteiger partial charge in [-0.15, -0.1) is 0 Å². The number of carbonyl (C=O) groups excluding carboxylic acids is 3. The van der Waals surface area contributed by atoms with Gasteiger partial charge in [0, 0.05) is 24.2 Å². The van der Waals surface area contributed by atoms with Crippen LogP contribution in [0.1, 0.15) is 29.3 Å². The van der Waals surface area contributed by atoms with Gasteiger partial charge in [-0.2, -0.15) is 0 Å². The van der Waals surface area contributed by atoms with Crippen LogP contribution in [0, 0.1) is 5.92 Å². The molecule has 2 aromatic carbocycles. The highest BCUT2D eigenvalue weighted by atomic mass is 16.5. The molecular formula is C22H23NO5. The first-order chi connectivity index (χ1) is 13.5. The van der Waals surface area contributed by atoms with E-state index in [9.17, 15) is 14.4 Å². The summed E-state index contributed by atoms with van der Waals surface area (Å²) in [5.74, 6) is -0.981. The number of benzene rings is 2. The molecule has 1 fully saturated rings. The van der Waals surface area contributed by atoms with Crippen LogP contribution < -0.4 is 9.64 Å². The molecule has 1 amide bonds. The van der Waals surface area contributed by atoms with Gasteiger partial charge in [0.2, 0.25) is 5.91 Å². The average molecular weight is 381 g/mol. The van der Waals surface area contributed by atoms with Crippen molar-refractivity contribution in [2.45, 2.75) is 19.8 Å². The van der Waals surface area contributed by atoms with E-state index in [0.29, 0.717) is 11.3 Å². The van der Waals surface area contributed by atoms with Crippen LogP contribution in [0.25, 0.3) is 0 Å². The number of carbonyl (C=O) groups is 3. The topological polar surface area (TPSA) is 72.9 Å². The molecule has 28 heavy (non-hydrogen) atoms. The van der Waals surface area contributed by atoms with Crippen molar-refractivity contribution in [3.8, 4) is 5.75 Å². The Kier molecular flexibility index (Phi) is 6.09. The maximum Gasteiger partial charge on any atom is 0.311 e. The van der Waals surface area contributed by atoms with Gasteiger partial charge in [0.1, 0.15) is 5.75 Å². The lowest BCUT2D eigenvalue weighted by atomic mass is 10.1. The standard InChI is InChI=1S/C22H23NO5/c1-3-15-7-9-18(10-8-15)23-13-17(12-21(23)25)22(26)28-14-20(24)16-5-4-6-19(11-16)27-2/h4-11,17H,3,12-14H2,1-2H3. The van der Waals surface area contributed by atoms with Gasteiger partial charge in [-0.3, -0.25) is 14.4 Å². The van der Waals surface area contributed by atoms with Crippen molar-refractivity contribution < 1.29 is 23.9 Å². The second kappa shape index (κ2) is 8.69. The lowest BCUT2D eigenvalue weighted by Gasteiger charge is -2.17. The number of nitrogens with zero attached hydrogens (tertiary/aromatic N) is 1. The predicted octanol–water partition coefficient (Wildman–Crippen LogP) is 3.04. The molecule has 0 spiro atoms. The number of ether oxygens (including phenoxy) is 2. The van der Waals surface area contributed by atoms with Crippen molar-refractivity contribution in [1.82, 2.24) is 0 Å². The molecule has 6 heteroatoms. The van der Waals surface area contributed by atoms with Crippen LogP contribution in [0.15, 0.2) is 48.5 Å². The van der Waals surface area contributed by atoms with Crippen LogP contribution in [-0.4, -0.2) is 37.9 Å². The van der Waals surface area contributed by atoms with E-state index in [-0.39, 0.29) is 31.3 Å². The molecule has 0 saturated carbocycles. The average Bonchev–Trinajstić information content (AvgIpc) is 3.13. The first kappa shape index (κ1) is 19.6. The molecule has 1 heterocycles. The minimum Gasteiger partial charge on any atom is -0.497 e. The van der Waals surface area contributed by atoms with E-state index in [0.717, 1.165) is 12.1 Å². The second-order valence-electron chi connectivity index (χ2n) is 6.69. The molecule has 1 atom stereocenters. The molecule has 0 bridgehead atoms. The fraction of sp³-hybridized carbons (Fsp3) is 0.318. The molecule has 1 saturated heterocycles. The third kappa shape index (κ3) is 4.39. The van der Waals surface area contributed by atoms with Gasteiger partial charge in [0.05, 0.1) is 13.0 Å². The summed E-state index contributed by atoms with van der Waals surface area (Å²) in [5, 5.41) is 0. The molecule has 3 rings (SSSR count). The van der Waals surface area contributed by atoms with Gasteiger partial charge in [-0.05, 0) is 36.2 Å². The van der Waals surface area contributed by atoms with E-state index in [4.69, 9.17) is 9.47 Å². The van der Waals surface area contributed by atoms with Crippen molar-refractivity contribution in [3.05, 3.63) is 59.7 Å². The number of ketones is 1. The summed E-state index contributed by atoms with van der Waals surface area (Å²) < 4.78 is 10.3. The molecule has 1 aliphatic heterocycles.